The zero-order valence-electron chi connectivity index (χ0n) is 19.6. The fourth-order valence-corrected chi connectivity index (χ4v) is 10.5. The highest BCUT2D eigenvalue weighted by molar-refractivity contribution is 14.2. The minimum absolute atomic E-state index is 0.226. The number of phenolic OH excluding ortho intramolecular Hbond substituents is 1. The molecule has 3 aromatic rings. The Morgan fingerprint density at radius 3 is 1.93 bits per heavy atom. The number of carbonyl (C=O) groups is 2. The van der Waals surface area contributed by atoms with Gasteiger partial charge >= 0.3 is 11.9 Å². The smallest absolute Gasteiger partial charge is 0.337 e. The van der Waals surface area contributed by atoms with Gasteiger partial charge in [-0.2, -0.15) is 1.33 Å². The number of ether oxygens (including phenoxy) is 2. The Hall–Kier alpha value is 1.96. The van der Waals surface area contributed by atoms with E-state index < -0.39 is 21.5 Å². The monoisotopic (exact) mass is 1440 g/mol. The van der Waals surface area contributed by atoms with Crippen LogP contribution >= 0.6 is 181 Å². The molecule has 0 aliphatic rings. The van der Waals surface area contributed by atoms with Crippen molar-refractivity contribution < 1.29 is 29.3 Å². The molecule has 0 amide bonds. The fraction of sp³-hybridized carbons (Fsp3) is 0.167. The Labute approximate surface area is 340 Å². The zero-order valence-corrected chi connectivity index (χ0v) is 36.8. The number of phenols is 1. The van der Waals surface area contributed by atoms with Crippen LogP contribution in [-0.2, 0) is 16.0 Å². The maximum atomic E-state index is 12.8. The van der Waals surface area contributed by atoms with Crippen molar-refractivity contribution in [3.05, 3.63) is 73.9 Å². The van der Waals surface area contributed by atoms with Crippen molar-refractivity contribution in [2.45, 2.75) is 19.9 Å². The topological polar surface area (TPSA) is 122 Å². The number of hydrogen-bond acceptors (Lipinski definition) is 7. The summed E-state index contributed by atoms with van der Waals surface area (Å²) in [6.45, 7) is 0. The molecule has 0 bridgehead atoms. The molecule has 0 aliphatic heterocycles. The van der Waals surface area contributed by atoms with Gasteiger partial charge in [0.25, 0.3) is 0 Å². The normalized spacial score (nSPS) is 14.3. The van der Waals surface area contributed by atoms with Crippen LogP contribution in [0.5, 0.6) is 23.0 Å². The van der Waals surface area contributed by atoms with E-state index >= 15 is 0 Å². The summed E-state index contributed by atoms with van der Waals surface area (Å²) >= 11 is 16.4. The maximum Gasteiger partial charge on any atom is 0.337 e. The molecule has 0 aliphatic carbocycles. The number of nitrogens with zero attached hydrogens (tertiary/aromatic N) is 1. The number of alkyl halides is 2. The molecule has 214 valence electrons. The number of hydrogen-bond donors (Lipinski definition) is 3. The van der Waals surface area contributed by atoms with Crippen LogP contribution in [0.1, 0.15) is 15.1 Å². The number of rotatable bonds is 10. The Bertz CT molecular complexity index is 1380. The summed E-state index contributed by atoms with van der Waals surface area (Å²) in [7, 11) is 0. The highest BCUT2D eigenvalue weighted by atomic mass is 127. The van der Waals surface area contributed by atoms with Gasteiger partial charge in [0.2, 0.25) is 3.55 Å². The van der Waals surface area contributed by atoms with Crippen LogP contribution in [0.15, 0.2) is 48.5 Å². The van der Waals surface area contributed by atoms with Gasteiger partial charge in [0.1, 0.15) is 23.3 Å². The summed E-state index contributed by atoms with van der Waals surface area (Å²) in [5, 5.41) is 19.8. The molecule has 0 radical (unpaired) electrons. The molecule has 8 nitrogen and oxygen atoms in total. The minimum Gasteiger partial charge on any atom is -0.506 e. The molecule has 3 aromatic carbocycles. The SMILES string of the molecule is N[C@@H](Cc1cc(I)c(Oc2cc(I)c(O)c(I)c2)c(I)c1)C(=O)Oc1ccc(C(I)[C@@](I)(C(=O)O)N(I)I)cc1. The third-order valence-corrected chi connectivity index (χ3v) is 16.3. The van der Waals surface area contributed by atoms with E-state index in [9.17, 15) is 19.8 Å². The number of nitrogens with two attached hydrogens (primary N) is 1. The second-order valence-electron chi connectivity index (χ2n) is 8.10. The van der Waals surface area contributed by atoms with Crippen LogP contribution < -0.4 is 15.2 Å². The van der Waals surface area contributed by atoms with E-state index in [1.807, 2.05) is 80.5 Å². The Kier molecular flexibility index (Phi) is 14.6. The van der Waals surface area contributed by atoms with Gasteiger partial charge in [-0.1, -0.05) is 34.7 Å². The van der Waals surface area contributed by atoms with Gasteiger partial charge in [0.15, 0.2) is 5.75 Å². The molecule has 0 spiro atoms. The van der Waals surface area contributed by atoms with E-state index in [0.29, 0.717) is 24.4 Å². The molecule has 16 heteroatoms. The van der Waals surface area contributed by atoms with Gasteiger partial charge in [-0.3, -0.25) is 0 Å². The first kappa shape index (κ1) is 36.4. The molecule has 3 atom stereocenters. The zero-order chi connectivity index (χ0) is 29.9. The van der Waals surface area contributed by atoms with E-state index in [2.05, 4.69) is 113 Å². The van der Waals surface area contributed by atoms with Gasteiger partial charge in [-0.25, -0.2) is 9.59 Å². The van der Waals surface area contributed by atoms with Gasteiger partial charge in [-0.15, -0.1) is 0 Å². The van der Waals surface area contributed by atoms with E-state index in [1.54, 1.807) is 37.7 Å². The van der Waals surface area contributed by atoms with Crippen molar-refractivity contribution in [3.63, 3.8) is 0 Å². The second-order valence-corrected chi connectivity index (χ2v) is 19.4. The molecule has 4 N–H and O–H groups in total. The van der Waals surface area contributed by atoms with Gasteiger partial charge in [-0.05, 0) is 167 Å². The second kappa shape index (κ2) is 16.0. The molecule has 0 fully saturated rings. The van der Waals surface area contributed by atoms with Gasteiger partial charge in [0, 0.05) is 45.7 Å². The van der Waals surface area contributed by atoms with Crippen LogP contribution in [0.3, 0.4) is 0 Å². The lowest BCUT2D eigenvalue weighted by molar-refractivity contribution is -0.140. The van der Waals surface area contributed by atoms with E-state index in [4.69, 9.17) is 15.2 Å². The number of carboxylic acids is 1. The summed E-state index contributed by atoms with van der Waals surface area (Å²) in [5.74, 6) is 0.323. The molecule has 40 heavy (non-hydrogen) atoms. The standard InChI is InChI=1S/C24H16I8N2O6/c25-14-8-13(9-15(26)19(14)35)39-20-16(27)5-10(6-17(20)28)7-18(33)22(36)40-12-3-1-11(2-4-12)21(29)24(30,23(37)38)34(31)32/h1-6,8-9,18,21,35H,7,33H2,(H,37,38)/t18-,21?,24-/m0/s1. The van der Waals surface area contributed by atoms with Crippen LogP contribution in [0.2, 0.25) is 0 Å². The lowest BCUT2D eigenvalue weighted by Gasteiger charge is -2.31. The van der Waals surface area contributed by atoms with Crippen molar-refractivity contribution in [3.8, 4) is 23.0 Å². The van der Waals surface area contributed by atoms with Crippen LogP contribution in [0.25, 0.3) is 0 Å². The van der Waals surface area contributed by atoms with Gasteiger partial charge < -0.3 is 25.4 Å². The lowest BCUT2D eigenvalue weighted by Crippen LogP contribution is -2.43. The van der Waals surface area contributed by atoms with E-state index in [-0.39, 0.29) is 16.1 Å². The third kappa shape index (κ3) is 9.03. The number of carbonyl (C=O) groups excluding carboxylic acids is 1. The van der Waals surface area contributed by atoms with Crippen molar-refractivity contribution >= 4 is 193 Å². The first-order chi connectivity index (χ1) is 18.6. The predicted octanol–water partition coefficient (Wildman–Crippen LogP) is 8.77. The Morgan fingerprint density at radius 2 is 1.45 bits per heavy atom. The molecule has 1 unspecified atom stereocenters. The largest absolute Gasteiger partial charge is 0.506 e. The molecular weight excluding hydrogens is 1430 g/mol. The van der Waals surface area contributed by atoms with Crippen molar-refractivity contribution in [2.24, 2.45) is 5.73 Å². The average molecular weight is 1440 g/mol. The Balaban J connectivity index is 1.68. The fourth-order valence-electron chi connectivity index (χ4n) is 3.27. The van der Waals surface area contributed by atoms with Crippen molar-refractivity contribution in [1.82, 2.24) is 1.33 Å². The first-order valence-corrected chi connectivity index (χ1v) is 19.3. The lowest BCUT2D eigenvalue weighted by atomic mass is 10.1. The van der Waals surface area contributed by atoms with E-state index in [0.717, 1.165) is 18.3 Å². The summed E-state index contributed by atoms with van der Waals surface area (Å²) in [6.07, 6.45) is 0.269. The van der Waals surface area contributed by atoms with Crippen LogP contribution in [-0.4, -0.2) is 33.1 Å². The Morgan fingerprint density at radius 1 is 0.925 bits per heavy atom. The molecule has 0 aromatic heterocycles. The number of benzene rings is 3. The molecule has 0 saturated carbocycles. The van der Waals surface area contributed by atoms with Crippen LogP contribution in [0, 0.1) is 14.3 Å². The quantitative estimate of drug-likeness (QED) is 0.0461. The highest BCUT2D eigenvalue weighted by Crippen LogP contribution is 2.48. The number of esters is 1. The summed E-state index contributed by atoms with van der Waals surface area (Å²) < 4.78 is 14.8. The number of aromatic hydroxyl groups is 1. The summed E-state index contributed by atoms with van der Waals surface area (Å²) in [6, 6.07) is 13.2. The third-order valence-electron chi connectivity index (χ3n) is 5.30. The number of carboxylic acid groups (broad SMARTS) is 1. The summed E-state index contributed by atoms with van der Waals surface area (Å²) in [4.78, 5) is 24.7. The number of aliphatic carboxylic acids is 1. The average Bonchev–Trinajstić information content (AvgIpc) is 2.88. The molecular formula is C24H16I8N2O6. The van der Waals surface area contributed by atoms with Gasteiger partial charge in [0.05, 0.1) is 18.2 Å². The maximum absolute atomic E-state index is 12.8. The minimum atomic E-state index is -1.17. The molecule has 3 rings (SSSR count). The first-order valence-electron chi connectivity index (χ1n) is 10.7. The molecule has 0 saturated heterocycles. The predicted molar refractivity (Wildman–Crippen MR) is 220 cm³/mol. The van der Waals surface area contributed by atoms with Crippen LogP contribution in [0.4, 0.5) is 0 Å². The molecule has 0 heterocycles. The number of halogens is 8. The van der Waals surface area contributed by atoms with E-state index in [1.165, 1.54) is 0 Å². The van der Waals surface area contributed by atoms with Crippen molar-refractivity contribution in [1.29, 1.82) is 0 Å². The highest BCUT2D eigenvalue weighted by Gasteiger charge is 2.47. The van der Waals surface area contributed by atoms with Crippen molar-refractivity contribution in [2.75, 3.05) is 0 Å². The summed E-state index contributed by atoms with van der Waals surface area (Å²) in [5.41, 5.74) is 7.84.